The van der Waals surface area contributed by atoms with E-state index < -0.39 is 5.60 Å². The first-order valence-electron chi connectivity index (χ1n) is 11.6. The molecule has 0 bridgehead atoms. The topological polar surface area (TPSA) is 46.5 Å². The monoisotopic (exact) mass is 388 g/mol. The van der Waals surface area contributed by atoms with Crippen molar-refractivity contribution in [3.63, 3.8) is 0 Å². The number of carbonyl (C=O) groups is 1. The highest BCUT2D eigenvalue weighted by Gasteiger charge is 2.37. The average Bonchev–Trinajstić information content (AvgIpc) is 2.72. The molecule has 1 fully saturated rings. The first kappa shape index (κ1) is 22.9. The van der Waals surface area contributed by atoms with Crippen molar-refractivity contribution in [2.45, 2.75) is 103 Å². The van der Waals surface area contributed by atoms with E-state index in [1.54, 1.807) is 0 Å². The summed E-state index contributed by atoms with van der Waals surface area (Å²) in [4.78, 5) is 12.3. The highest BCUT2D eigenvalue weighted by Crippen LogP contribution is 2.40. The minimum atomic E-state index is -0.792. The van der Waals surface area contributed by atoms with Gasteiger partial charge in [0.2, 0.25) is 0 Å². The second-order valence-electron chi connectivity index (χ2n) is 8.54. The fraction of sp³-hybridized carbons (Fsp3) is 0.720. The lowest BCUT2D eigenvalue weighted by Gasteiger charge is -2.35. The van der Waals surface area contributed by atoms with Crippen LogP contribution < -0.4 is 0 Å². The highest BCUT2D eigenvalue weighted by molar-refractivity contribution is 5.72. The fourth-order valence-electron chi connectivity index (χ4n) is 4.16. The molecule has 28 heavy (non-hydrogen) atoms. The SMILES string of the molecule is CCCCCCCCOC(=O)C1CCC(O)(c2ccc(CCCC)cc2)CC1. The van der Waals surface area contributed by atoms with Gasteiger partial charge in [0.1, 0.15) is 0 Å². The molecule has 3 heteroatoms. The Labute approximate surface area is 171 Å². The van der Waals surface area contributed by atoms with Gasteiger partial charge in [-0.05, 0) is 56.1 Å². The van der Waals surface area contributed by atoms with Gasteiger partial charge in [0, 0.05) is 0 Å². The molecule has 0 amide bonds. The molecule has 0 aliphatic heterocycles. The number of rotatable bonds is 12. The van der Waals surface area contributed by atoms with Gasteiger partial charge in [-0.3, -0.25) is 4.79 Å². The smallest absolute Gasteiger partial charge is 0.308 e. The van der Waals surface area contributed by atoms with E-state index in [4.69, 9.17) is 4.74 Å². The van der Waals surface area contributed by atoms with Crippen molar-refractivity contribution in [3.8, 4) is 0 Å². The summed E-state index contributed by atoms with van der Waals surface area (Å²) in [5.74, 6) is -0.116. The first-order valence-corrected chi connectivity index (χ1v) is 11.6. The predicted octanol–water partition coefficient (Wildman–Crippen LogP) is 6.31. The zero-order valence-corrected chi connectivity index (χ0v) is 18.0. The lowest BCUT2D eigenvalue weighted by molar-refractivity contribution is -0.152. The van der Waals surface area contributed by atoms with E-state index >= 15 is 0 Å². The van der Waals surface area contributed by atoms with Crippen molar-refractivity contribution in [2.24, 2.45) is 5.92 Å². The summed E-state index contributed by atoms with van der Waals surface area (Å²) < 4.78 is 5.49. The molecule has 0 atom stereocenters. The maximum absolute atomic E-state index is 12.3. The molecule has 1 aliphatic carbocycles. The van der Waals surface area contributed by atoms with Gasteiger partial charge in [0.25, 0.3) is 0 Å². The van der Waals surface area contributed by atoms with Gasteiger partial charge in [0.15, 0.2) is 0 Å². The summed E-state index contributed by atoms with van der Waals surface area (Å²) in [7, 11) is 0. The van der Waals surface area contributed by atoms with E-state index in [9.17, 15) is 9.90 Å². The quantitative estimate of drug-likeness (QED) is 0.337. The van der Waals surface area contributed by atoms with Crippen LogP contribution in [0.15, 0.2) is 24.3 Å². The van der Waals surface area contributed by atoms with Gasteiger partial charge in [-0.15, -0.1) is 0 Å². The van der Waals surface area contributed by atoms with Gasteiger partial charge >= 0.3 is 5.97 Å². The zero-order valence-electron chi connectivity index (χ0n) is 18.0. The van der Waals surface area contributed by atoms with Crippen molar-refractivity contribution < 1.29 is 14.6 Å². The Bertz CT molecular complexity index is 556. The number of unbranched alkanes of at least 4 members (excludes halogenated alkanes) is 6. The molecule has 0 heterocycles. The first-order chi connectivity index (χ1) is 13.6. The highest BCUT2D eigenvalue weighted by atomic mass is 16.5. The van der Waals surface area contributed by atoms with Gasteiger partial charge in [-0.2, -0.15) is 0 Å². The Morgan fingerprint density at radius 3 is 2.21 bits per heavy atom. The van der Waals surface area contributed by atoms with Crippen LogP contribution in [-0.4, -0.2) is 17.7 Å². The van der Waals surface area contributed by atoms with E-state index in [1.807, 2.05) is 0 Å². The lowest BCUT2D eigenvalue weighted by atomic mass is 9.75. The van der Waals surface area contributed by atoms with E-state index in [1.165, 1.54) is 44.1 Å². The number of carbonyl (C=O) groups excluding carboxylic acids is 1. The minimum Gasteiger partial charge on any atom is -0.465 e. The summed E-state index contributed by atoms with van der Waals surface area (Å²) in [5, 5.41) is 11.1. The van der Waals surface area contributed by atoms with E-state index in [2.05, 4.69) is 38.1 Å². The summed E-state index contributed by atoms with van der Waals surface area (Å²) in [6.07, 6.45) is 13.4. The van der Waals surface area contributed by atoms with Crippen molar-refractivity contribution in [1.29, 1.82) is 0 Å². The summed E-state index contributed by atoms with van der Waals surface area (Å²) in [5.41, 5.74) is 1.53. The predicted molar refractivity (Wildman–Crippen MR) is 115 cm³/mol. The second-order valence-corrected chi connectivity index (χ2v) is 8.54. The van der Waals surface area contributed by atoms with Crippen LogP contribution in [0.5, 0.6) is 0 Å². The molecule has 1 aromatic carbocycles. The van der Waals surface area contributed by atoms with Crippen LogP contribution in [0.4, 0.5) is 0 Å². The third-order valence-corrected chi connectivity index (χ3v) is 6.20. The molecule has 0 unspecified atom stereocenters. The molecule has 2 rings (SSSR count). The van der Waals surface area contributed by atoms with Crippen molar-refractivity contribution in [1.82, 2.24) is 0 Å². The third-order valence-electron chi connectivity index (χ3n) is 6.20. The molecule has 1 aromatic rings. The number of esters is 1. The van der Waals surface area contributed by atoms with Crippen LogP contribution in [0.3, 0.4) is 0 Å². The van der Waals surface area contributed by atoms with E-state index in [0.717, 1.165) is 24.8 Å². The Hall–Kier alpha value is -1.35. The number of aliphatic hydroxyl groups is 1. The number of ether oxygens (including phenoxy) is 1. The standard InChI is InChI=1S/C25H40O3/c1-3-5-7-8-9-10-20-28-24(26)22-16-18-25(27,19-17-22)23-14-12-21(13-15-23)11-6-4-2/h12-15,22,27H,3-11,16-20H2,1-2H3. The Kier molecular flexibility index (Phi) is 10.0. The van der Waals surface area contributed by atoms with Gasteiger partial charge in [0.05, 0.1) is 18.1 Å². The van der Waals surface area contributed by atoms with E-state index in [-0.39, 0.29) is 11.9 Å². The molecular weight excluding hydrogens is 348 g/mol. The molecule has 3 nitrogen and oxygen atoms in total. The average molecular weight is 389 g/mol. The summed E-state index contributed by atoms with van der Waals surface area (Å²) in [6, 6.07) is 8.43. The molecule has 0 saturated heterocycles. The number of aryl methyl sites for hydroxylation is 1. The zero-order chi connectivity index (χ0) is 20.2. The van der Waals surface area contributed by atoms with Crippen LogP contribution in [0.1, 0.15) is 102 Å². The van der Waals surface area contributed by atoms with Crippen LogP contribution in [0, 0.1) is 5.92 Å². The lowest BCUT2D eigenvalue weighted by Crippen LogP contribution is -2.34. The van der Waals surface area contributed by atoms with Crippen LogP contribution in [0.2, 0.25) is 0 Å². The van der Waals surface area contributed by atoms with Crippen molar-refractivity contribution in [3.05, 3.63) is 35.4 Å². The Morgan fingerprint density at radius 2 is 1.57 bits per heavy atom. The fourth-order valence-corrected chi connectivity index (χ4v) is 4.16. The number of benzene rings is 1. The minimum absolute atomic E-state index is 0.0517. The normalized spacial score (nSPS) is 22.2. The summed E-state index contributed by atoms with van der Waals surface area (Å²) in [6.45, 7) is 4.97. The summed E-state index contributed by atoms with van der Waals surface area (Å²) >= 11 is 0. The molecule has 1 N–H and O–H groups in total. The number of hydrogen-bond donors (Lipinski definition) is 1. The maximum Gasteiger partial charge on any atom is 0.308 e. The largest absolute Gasteiger partial charge is 0.465 e. The van der Waals surface area contributed by atoms with Gasteiger partial charge in [-0.1, -0.05) is 76.6 Å². The molecule has 0 aromatic heterocycles. The van der Waals surface area contributed by atoms with Crippen molar-refractivity contribution >= 4 is 5.97 Å². The molecule has 0 radical (unpaired) electrons. The van der Waals surface area contributed by atoms with Crippen LogP contribution >= 0.6 is 0 Å². The van der Waals surface area contributed by atoms with Crippen molar-refractivity contribution in [2.75, 3.05) is 6.61 Å². The molecule has 158 valence electrons. The molecular formula is C25H40O3. The second kappa shape index (κ2) is 12.3. The maximum atomic E-state index is 12.3. The Balaban J connectivity index is 1.71. The number of hydrogen-bond acceptors (Lipinski definition) is 3. The van der Waals surface area contributed by atoms with Crippen LogP contribution in [-0.2, 0) is 21.6 Å². The van der Waals surface area contributed by atoms with Gasteiger partial charge in [-0.25, -0.2) is 0 Å². The van der Waals surface area contributed by atoms with Crippen LogP contribution in [0.25, 0.3) is 0 Å². The Morgan fingerprint density at radius 1 is 0.964 bits per heavy atom. The molecule has 0 spiro atoms. The third kappa shape index (κ3) is 7.24. The van der Waals surface area contributed by atoms with E-state index in [0.29, 0.717) is 32.3 Å². The molecule has 1 aliphatic rings. The van der Waals surface area contributed by atoms with Gasteiger partial charge < -0.3 is 9.84 Å². The molecule has 1 saturated carbocycles.